The van der Waals surface area contributed by atoms with Gasteiger partial charge in [-0.05, 0) is 37.1 Å². The molecule has 1 heterocycles. The second-order valence-electron chi connectivity index (χ2n) is 6.78. The zero-order valence-electron chi connectivity index (χ0n) is 17.4. The maximum Gasteiger partial charge on any atom is 0.193 e. The van der Waals surface area contributed by atoms with Crippen molar-refractivity contribution in [3.63, 3.8) is 0 Å². The summed E-state index contributed by atoms with van der Waals surface area (Å²) in [5.41, 5.74) is 3.36. The summed E-state index contributed by atoms with van der Waals surface area (Å²) < 4.78 is 7.37. The van der Waals surface area contributed by atoms with E-state index in [0.29, 0.717) is 6.54 Å². The Bertz CT molecular complexity index is 920. The van der Waals surface area contributed by atoms with Crippen molar-refractivity contribution >= 4 is 5.96 Å². The smallest absolute Gasteiger partial charge is 0.193 e. The molecule has 0 unspecified atom stereocenters. The number of benzene rings is 2. The summed E-state index contributed by atoms with van der Waals surface area (Å²) in [5, 5.41) is 7.83. The van der Waals surface area contributed by atoms with E-state index in [0.717, 1.165) is 42.5 Å². The van der Waals surface area contributed by atoms with Crippen LogP contribution in [0.1, 0.15) is 18.1 Å². The average Bonchev–Trinajstić information content (AvgIpc) is 3.23. The fourth-order valence-electron chi connectivity index (χ4n) is 3.14. The number of hydrogen-bond donors (Lipinski definition) is 1. The van der Waals surface area contributed by atoms with Crippen molar-refractivity contribution in [2.75, 3.05) is 27.2 Å². The van der Waals surface area contributed by atoms with Crippen LogP contribution in [0.4, 0.5) is 0 Å². The van der Waals surface area contributed by atoms with Gasteiger partial charge in [0.15, 0.2) is 5.96 Å². The molecule has 152 valence electrons. The normalized spacial score (nSPS) is 11.3. The predicted octanol–water partition coefficient (Wildman–Crippen LogP) is 3.52. The fraction of sp³-hybridized carbons (Fsp3) is 0.304. The molecule has 1 N–H and O–H groups in total. The van der Waals surface area contributed by atoms with Crippen LogP contribution in [0, 0.1) is 0 Å². The first kappa shape index (κ1) is 20.5. The van der Waals surface area contributed by atoms with Crippen LogP contribution in [0.25, 0.3) is 5.69 Å². The molecule has 0 saturated heterocycles. The van der Waals surface area contributed by atoms with Gasteiger partial charge in [-0.25, -0.2) is 4.68 Å². The second-order valence-corrected chi connectivity index (χ2v) is 6.78. The Labute approximate surface area is 172 Å². The molecule has 0 aliphatic carbocycles. The largest absolute Gasteiger partial charge is 0.496 e. The summed E-state index contributed by atoms with van der Waals surface area (Å²) in [4.78, 5) is 6.92. The van der Waals surface area contributed by atoms with Crippen LogP contribution in [0.2, 0.25) is 0 Å². The molecule has 0 aliphatic rings. The fourth-order valence-corrected chi connectivity index (χ4v) is 3.14. The third-order valence-electron chi connectivity index (χ3n) is 4.62. The molecule has 0 saturated carbocycles. The molecule has 0 atom stereocenters. The van der Waals surface area contributed by atoms with Gasteiger partial charge in [-0.15, -0.1) is 0 Å². The maximum atomic E-state index is 5.47. The SMILES string of the molecule is CCNC(=NCCc1cnn(-c2ccccc2)c1)N(C)Cc1ccccc1OC. The van der Waals surface area contributed by atoms with E-state index >= 15 is 0 Å². The van der Waals surface area contributed by atoms with Crippen molar-refractivity contribution in [1.82, 2.24) is 20.0 Å². The van der Waals surface area contributed by atoms with Crippen LogP contribution < -0.4 is 10.1 Å². The molecular weight excluding hydrogens is 362 g/mol. The lowest BCUT2D eigenvalue weighted by molar-refractivity contribution is 0.396. The lowest BCUT2D eigenvalue weighted by Gasteiger charge is -2.23. The topological polar surface area (TPSA) is 54.7 Å². The minimum Gasteiger partial charge on any atom is -0.496 e. The van der Waals surface area contributed by atoms with Gasteiger partial charge in [0.25, 0.3) is 0 Å². The van der Waals surface area contributed by atoms with E-state index in [1.807, 2.05) is 66.5 Å². The van der Waals surface area contributed by atoms with Crippen LogP contribution in [0.15, 0.2) is 72.0 Å². The Kier molecular flexibility index (Phi) is 7.28. The Morgan fingerprint density at radius 2 is 1.90 bits per heavy atom. The number of para-hydroxylation sites is 2. The molecule has 0 fully saturated rings. The average molecular weight is 392 g/mol. The van der Waals surface area contributed by atoms with Gasteiger partial charge in [0, 0.05) is 38.4 Å². The molecule has 6 nitrogen and oxygen atoms in total. The number of hydrogen-bond acceptors (Lipinski definition) is 3. The number of rotatable bonds is 8. The Hall–Kier alpha value is -3.28. The molecule has 0 spiro atoms. The minimum absolute atomic E-state index is 0.694. The highest BCUT2D eigenvalue weighted by atomic mass is 16.5. The van der Waals surface area contributed by atoms with E-state index in [2.05, 4.69) is 34.5 Å². The van der Waals surface area contributed by atoms with Gasteiger partial charge in [-0.1, -0.05) is 36.4 Å². The summed E-state index contributed by atoms with van der Waals surface area (Å²) in [5.74, 6) is 1.78. The van der Waals surface area contributed by atoms with Crippen molar-refractivity contribution in [2.45, 2.75) is 19.9 Å². The molecular formula is C23H29N5O. The van der Waals surface area contributed by atoms with E-state index in [9.17, 15) is 0 Å². The summed E-state index contributed by atoms with van der Waals surface area (Å²) in [6, 6.07) is 18.2. The standard InChI is InChI=1S/C23H29N5O/c1-4-24-23(27(2)18-20-10-8-9-13-22(20)29-3)25-15-14-19-16-26-28(17-19)21-11-6-5-7-12-21/h5-13,16-17H,4,14-15,18H2,1-3H3,(H,24,25). The molecule has 6 heteroatoms. The third-order valence-corrected chi connectivity index (χ3v) is 4.62. The van der Waals surface area contributed by atoms with Crippen molar-refractivity contribution in [1.29, 1.82) is 0 Å². The lowest BCUT2D eigenvalue weighted by atomic mass is 10.2. The first-order valence-corrected chi connectivity index (χ1v) is 9.91. The highest BCUT2D eigenvalue weighted by Gasteiger charge is 2.10. The number of guanidine groups is 1. The van der Waals surface area contributed by atoms with E-state index in [4.69, 9.17) is 9.73 Å². The van der Waals surface area contributed by atoms with Crippen molar-refractivity contribution in [3.8, 4) is 11.4 Å². The molecule has 29 heavy (non-hydrogen) atoms. The number of nitrogens with one attached hydrogen (secondary N) is 1. The summed E-state index contributed by atoms with van der Waals surface area (Å²) in [6.07, 6.45) is 4.81. The zero-order valence-corrected chi connectivity index (χ0v) is 17.4. The highest BCUT2D eigenvalue weighted by molar-refractivity contribution is 5.79. The number of nitrogens with zero attached hydrogens (tertiary/aromatic N) is 4. The molecule has 1 aromatic heterocycles. The number of aromatic nitrogens is 2. The minimum atomic E-state index is 0.694. The summed E-state index contributed by atoms with van der Waals surface area (Å²) >= 11 is 0. The Morgan fingerprint density at radius 1 is 1.14 bits per heavy atom. The number of aliphatic imine (C=N–C) groups is 1. The molecule has 0 aliphatic heterocycles. The lowest BCUT2D eigenvalue weighted by Crippen LogP contribution is -2.38. The number of ether oxygens (including phenoxy) is 1. The predicted molar refractivity (Wildman–Crippen MR) is 118 cm³/mol. The van der Waals surface area contributed by atoms with Crippen LogP contribution in [-0.4, -0.2) is 47.9 Å². The molecule has 2 aromatic carbocycles. The Morgan fingerprint density at radius 3 is 2.66 bits per heavy atom. The van der Waals surface area contributed by atoms with Gasteiger partial charge in [0.05, 0.1) is 19.0 Å². The first-order valence-electron chi connectivity index (χ1n) is 9.91. The van der Waals surface area contributed by atoms with Gasteiger partial charge in [-0.2, -0.15) is 5.10 Å². The van der Waals surface area contributed by atoms with Crippen molar-refractivity contribution in [3.05, 3.63) is 78.1 Å². The maximum absolute atomic E-state index is 5.47. The zero-order chi connectivity index (χ0) is 20.5. The van der Waals surface area contributed by atoms with Gasteiger partial charge in [-0.3, -0.25) is 4.99 Å². The van der Waals surface area contributed by atoms with E-state index in [1.54, 1.807) is 7.11 Å². The van der Waals surface area contributed by atoms with E-state index in [1.165, 1.54) is 5.56 Å². The summed E-state index contributed by atoms with van der Waals surface area (Å²) in [7, 11) is 3.75. The van der Waals surface area contributed by atoms with Crippen LogP contribution in [-0.2, 0) is 13.0 Å². The quantitative estimate of drug-likeness (QED) is 0.472. The molecule has 0 bridgehead atoms. The monoisotopic (exact) mass is 391 g/mol. The van der Waals surface area contributed by atoms with Crippen molar-refractivity contribution in [2.24, 2.45) is 4.99 Å². The van der Waals surface area contributed by atoms with Gasteiger partial charge < -0.3 is 15.0 Å². The Balaban J connectivity index is 1.62. The molecule has 3 aromatic rings. The summed E-state index contributed by atoms with van der Waals surface area (Å²) in [6.45, 7) is 4.32. The first-order chi connectivity index (χ1) is 14.2. The number of methoxy groups -OCH3 is 1. The van der Waals surface area contributed by atoms with Crippen LogP contribution in [0.5, 0.6) is 5.75 Å². The van der Waals surface area contributed by atoms with E-state index < -0.39 is 0 Å². The van der Waals surface area contributed by atoms with E-state index in [-0.39, 0.29) is 0 Å². The third kappa shape index (κ3) is 5.60. The van der Waals surface area contributed by atoms with Gasteiger partial charge >= 0.3 is 0 Å². The van der Waals surface area contributed by atoms with Gasteiger partial charge in [0.1, 0.15) is 5.75 Å². The highest BCUT2D eigenvalue weighted by Crippen LogP contribution is 2.18. The molecule has 3 rings (SSSR count). The van der Waals surface area contributed by atoms with Crippen molar-refractivity contribution < 1.29 is 4.74 Å². The van der Waals surface area contributed by atoms with Gasteiger partial charge in [0.2, 0.25) is 0 Å². The van der Waals surface area contributed by atoms with Crippen LogP contribution in [0.3, 0.4) is 0 Å². The second kappa shape index (κ2) is 10.3. The molecule has 0 amide bonds. The van der Waals surface area contributed by atoms with Crippen LogP contribution >= 0.6 is 0 Å². The molecule has 0 radical (unpaired) electrons.